The highest BCUT2D eigenvalue weighted by Crippen LogP contribution is 2.17. The normalized spacial score (nSPS) is 10.8. The summed E-state index contributed by atoms with van der Waals surface area (Å²) in [5, 5.41) is 8.45. The van der Waals surface area contributed by atoms with Crippen molar-refractivity contribution in [2.75, 3.05) is 0 Å². The Labute approximate surface area is 118 Å². The third kappa shape index (κ3) is 3.26. The van der Waals surface area contributed by atoms with Crippen LogP contribution in [0.5, 0.6) is 0 Å². The van der Waals surface area contributed by atoms with Gasteiger partial charge in [-0.3, -0.25) is 10.2 Å². The molecule has 4 nitrogen and oxygen atoms in total. The van der Waals surface area contributed by atoms with Crippen molar-refractivity contribution in [3.05, 3.63) is 40.9 Å². The Hall–Kier alpha value is -2.10. The monoisotopic (exact) mass is 272 g/mol. The molecule has 1 heterocycles. The summed E-state index contributed by atoms with van der Waals surface area (Å²) < 4.78 is 5.32. The van der Waals surface area contributed by atoms with Crippen LogP contribution in [0.4, 0.5) is 0 Å². The largest absolute Gasteiger partial charge is 0.438 e. The minimum absolute atomic E-state index is 0.126. The van der Waals surface area contributed by atoms with Crippen molar-refractivity contribution in [1.29, 1.82) is 5.41 Å². The molecule has 0 aliphatic carbocycles. The summed E-state index contributed by atoms with van der Waals surface area (Å²) in [4.78, 5) is 11.2. The van der Waals surface area contributed by atoms with Crippen LogP contribution in [0.1, 0.15) is 48.5 Å². The van der Waals surface area contributed by atoms with Gasteiger partial charge in [-0.2, -0.15) is 0 Å². The van der Waals surface area contributed by atoms with Crippen LogP contribution in [-0.4, -0.2) is 5.91 Å². The Morgan fingerprint density at radius 1 is 1.25 bits per heavy atom. The number of aryl methyl sites for hydroxylation is 1. The fourth-order valence-corrected chi connectivity index (χ4v) is 2.28. The standard InChI is InChI=1S/C16H20N2O2/c1-2-3-4-5-6-11-7-8-14-12(9-11)10-13(15(17)19)16(18)20-14/h7-10,18H,2-6H2,1H3,(H2,17,19). The molecule has 0 aliphatic rings. The van der Waals surface area contributed by atoms with Crippen molar-refractivity contribution in [3.8, 4) is 0 Å². The maximum atomic E-state index is 11.2. The maximum Gasteiger partial charge on any atom is 0.254 e. The first kappa shape index (κ1) is 14.3. The fraction of sp³-hybridized carbons (Fsp3) is 0.375. The van der Waals surface area contributed by atoms with Crippen molar-refractivity contribution in [3.63, 3.8) is 0 Å². The highest BCUT2D eigenvalue weighted by Gasteiger charge is 2.08. The van der Waals surface area contributed by atoms with E-state index in [4.69, 9.17) is 15.6 Å². The summed E-state index contributed by atoms with van der Waals surface area (Å²) >= 11 is 0. The molecule has 0 unspecified atom stereocenters. The molecule has 0 saturated carbocycles. The Morgan fingerprint density at radius 2 is 2.05 bits per heavy atom. The van der Waals surface area contributed by atoms with Crippen LogP contribution in [0.15, 0.2) is 28.7 Å². The lowest BCUT2D eigenvalue weighted by atomic mass is 10.0. The quantitative estimate of drug-likeness (QED) is 0.792. The molecule has 0 spiro atoms. The van der Waals surface area contributed by atoms with Gasteiger partial charge in [-0.05, 0) is 36.6 Å². The summed E-state index contributed by atoms with van der Waals surface area (Å²) in [5.41, 5.74) is 7.01. The highest BCUT2D eigenvalue weighted by atomic mass is 16.3. The third-order valence-electron chi connectivity index (χ3n) is 3.42. The third-order valence-corrected chi connectivity index (χ3v) is 3.42. The first-order valence-electron chi connectivity index (χ1n) is 7.03. The molecule has 0 radical (unpaired) electrons. The summed E-state index contributed by atoms with van der Waals surface area (Å²) in [6.07, 6.45) is 5.90. The van der Waals surface area contributed by atoms with Crippen molar-refractivity contribution in [1.82, 2.24) is 0 Å². The second-order valence-corrected chi connectivity index (χ2v) is 5.04. The number of hydrogen-bond donors (Lipinski definition) is 2. The number of rotatable bonds is 6. The van der Waals surface area contributed by atoms with Crippen LogP contribution < -0.4 is 11.3 Å². The number of nitrogens with two attached hydrogens (primary N) is 1. The van der Waals surface area contributed by atoms with Crippen LogP contribution in [0.2, 0.25) is 0 Å². The molecule has 2 rings (SSSR count). The zero-order chi connectivity index (χ0) is 14.5. The van der Waals surface area contributed by atoms with E-state index < -0.39 is 5.91 Å². The number of fused-ring (bicyclic) bond motifs is 1. The Kier molecular flexibility index (Phi) is 4.56. The second-order valence-electron chi connectivity index (χ2n) is 5.04. The van der Waals surface area contributed by atoms with E-state index in [1.807, 2.05) is 18.2 Å². The number of amides is 1. The first-order valence-corrected chi connectivity index (χ1v) is 7.03. The Balaban J connectivity index is 2.26. The lowest BCUT2D eigenvalue weighted by molar-refractivity contribution is 0.0996. The molecule has 0 atom stereocenters. The van der Waals surface area contributed by atoms with Gasteiger partial charge in [0.1, 0.15) is 11.1 Å². The predicted molar refractivity (Wildman–Crippen MR) is 78.4 cm³/mol. The molecule has 106 valence electrons. The van der Waals surface area contributed by atoms with Gasteiger partial charge in [-0.1, -0.05) is 32.3 Å². The summed E-state index contributed by atoms with van der Waals surface area (Å²) in [6, 6.07) is 7.52. The number of nitrogens with one attached hydrogen (secondary N) is 1. The van der Waals surface area contributed by atoms with E-state index in [0.29, 0.717) is 5.58 Å². The summed E-state index contributed by atoms with van der Waals surface area (Å²) in [7, 11) is 0. The van der Waals surface area contributed by atoms with Gasteiger partial charge in [0.25, 0.3) is 5.91 Å². The van der Waals surface area contributed by atoms with Crippen LogP contribution in [0.25, 0.3) is 11.0 Å². The lowest BCUT2D eigenvalue weighted by Gasteiger charge is -2.04. The number of unbranched alkanes of at least 4 members (excludes halogenated alkanes) is 3. The zero-order valence-electron chi connectivity index (χ0n) is 11.7. The van der Waals surface area contributed by atoms with E-state index >= 15 is 0 Å². The molecular formula is C16H20N2O2. The van der Waals surface area contributed by atoms with Crippen LogP contribution in [0.3, 0.4) is 0 Å². The number of hydrogen-bond acceptors (Lipinski definition) is 3. The zero-order valence-corrected chi connectivity index (χ0v) is 11.7. The number of carbonyl (C=O) groups is 1. The van der Waals surface area contributed by atoms with Crippen molar-refractivity contribution in [2.24, 2.45) is 5.73 Å². The first-order chi connectivity index (χ1) is 9.61. The van der Waals surface area contributed by atoms with E-state index in [-0.39, 0.29) is 11.1 Å². The van der Waals surface area contributed by atoms with Crippen molar-refractivity contribution in [2.45, 2.75) is 39.0 Å². The fourth-order valence-electron chi connectivity index (χ4n) is 2.28. The molecule has 0 bridgehead atoms. The molecule has 1 aromatic heterocycles. The molecule has 0 aliphatic heterocycles. The average Bonchev–Trinajstić information content (AvgIpc) is 2.42. The van der Waals surface area contributed by atoms with Crippen molar-refractivity contribution >= 4 is 16.9 Å². The van der Waals surface area contributed by atoms with E-state index in [1.54, 1.807) is 6.07 Å². The topological polar surface area (TPSA) is 80.1 Å². The highest BCUT2D eigenvalue weighted by molar-refractivity contribution is 5.95. The molecule has 3 N–H and O–H groups in total. The Bertz CT molecular complexity index is 674. The molecule has 20 heavy (non-hydrogen) atoms. The van der Waals surface area contributed by atoms with E-state index in [1.165, 1.54) is 24.8 Å². The van der Waals surface area contributed by atoms with Crippen LogP contribution in [0, 0.1) is 5.41 Å². The van der Waals surface area contributed by atoms with Crippen LogP contribution in [-0.2, 0) is 6.42 Å². The van der Waals surface area contributed by atoms with E-state index in [9.17, 15) is 4.79 Å². The number of benzene rings is 1. The smallest absolute Gasteiger partial charge is 0.254 e. The van der Waals surface area contributed by atoms with Gasteiger partial charge >= 0.3 is 0 Å². The van der Waals surface area contributed by atoms with Crippen molar-refractivity contribution < 1.29 is 9.21 Å². The number of primary amides is 1. The molecule has 2 aromatic rings. The number of carbonyl (C=O) groups excluding carboxylic acids is 1. The minimum Gasteiger partial charge on any atom is -0.438 e. The molecule has 0 saturated heterocycles. The molecule has 1 amide bonds. The molecule has 0 fully saturated rings. The summed E-state index contributed by atoms with van der Waals surface area (Å²) in [6.45, 7) is 2.20. The van der Waals surface area contributed by atoms with Gasteiger partial charge in [0.05, 0.1) is 0 Å². The van der Waals surface area contributed by atoms with Gasteiger partial charge in [0.15, 0.2) is 0 Å². The van der Waals surface area contributed by atoms with Gasteiger partial charge in [-0.25, -0.2) is 0 Å². The SMILES string of the molecule is CCCCCCc1ccc2oc(=N)c(C(N)=O)cc2c1. The lowest BCUT2D eigenvalue weighted by Crippen LogP contribution is -2.20. The minimum atomic E-state index is -0.631. The van der Waals surface area contributed by atoms with Gasteiger partial charge in [0, 0.05) is 5.39 Å². The molecular weight excluding hydrogens is 252 g/mol. The van der Waals surface area contributed by atoms with Gasteiger partial charge < -0.3 is 10.2 Å². The van der Waals surface area contributed by atoms with E-state index in [0.717, 1.165) is 18.2 Å². The predicted octanol–water partition coefficient (Wildman–Crippen LogP) is 3.13. The summed E-state index contributed by atoms with van der Waals surface area (Å²) in [5.74, 6) is -0.631. The maximum absolute atomic E-state index is 11.2. The van der Waals surface area contributed by atoms with Gasteiger partial charge in [0.2, 0.25) is 5.55 Å². The molecule has 1 aromatic carbocycles. The van der Waals surface area contributed by atoms with E-state index in [2.05, 4.69) is 6.92 Å². The average molecular weight is 272 g/mol. The molecule has 4 heteroatoms. The second kappa shape index (κ2) is 6.37. The van der Waals surface area contributed by atoms with Gasteiger partial charge in [-0.15, -0.1) is 0 Å². The van der Waals surface area contributed by atoms with Crippen LogP contribution >= 0.6 is 0 Å². The Morgan fingerprint density at radius 3 is 2.75 bits per heavy atom.